The van der Waals surface area contributed by atoms with Crippen molar-refractivity contribution in [3.8, 4) is 0 Å². The highest BCUT2D eigenvalue weighted by molar-refractivity contribution is 5.87. The molecule has 0 aromatic rings. The van der Waals surface area contributed by atoms with E-state index < -0.39 is 0 Å². The van der Waals surface area contributed by atoms with E-state index in [4.69, 9.17) is 4.74 Å². The topological polar surface area (TPSA) is 29.5 Å². The van der Waals surface area contributed by atoms with Gasteiger partial charge in [-0.3, -0.25) is 4.79 Å². The third-order valence-electron chi connectivity index (χ3n) is 1.32. The average Bonchev–Trinajstić information content (AvgIpc) is 2.00. The van der Waals surface area contributed by atoms with Crippen LogP contribution in [0.4, 0.5) is 0 Å². The van der Waals surface area contributed by atoms with E-state index in [1.165, 1.54) is 6.08 Å². The van der Waals surface area contributed by atoms with Gasteiger partial charge in [0, 0.05) is 20.7 Å². The van der Waals surface area contributed by atoms with Gasteiger partial charge in [0.05, 0.1) is 6.61 Å². The molecule has 11 heavy (non-hydrogen) atoms. The highest BCUT2D eigenvalue weighted by atomic mass is 16.5. The number of allylic oxidation sites excluding steroid dienone is 1. The van der Waals surface area contributed by atoms with Crippen molar-refractivity contribution < 1.29 is 9.53 Å². The Hall–Kier alpha value is -0.830. The molecule has 0 bridgehead atoms. The average molecular weight is 157 g/mol. The van der Waals surface area contributed by atoms with Gasteiger partial charge in [-0.25, -0.2) is 0 Å². The first-order chi connectivity index (χ1) is 5.22. The molecule has 0 aliphatic heterocycles. The lowest BCUT2D eigenvalue weighted by molar-refractivity contribution is -0.125. The van der Waals surface area contributed by atoms with Crippen LogP contribution in [0.25, 0.3) is 0 Å². The second-order valence-corrected chi connectivity index (χ2v) is 2.25. The number of nitrogens with zero attached hydrogens (tertiary/aromatic N) is 1. The molecular weight excluding hydrogens is 142 g/mol. The molecule has 0 aliphatic rings. The third-order valence-corrected chi connectivity index (χ3v) is 1.32. The molecule has 0 atom stereocenters. The number of methoxy groups -OCH3 is 1. The van der Waals surface area contributed by atoms with Gasteiger partial charge >= 0.3 is 0 Å². The van der Waals surface area contributed by atoms with Crippen molar-refractivity contribution in [2.75, 3.05) is 27.3 Å². The first-order valence-electron chi connectivity index (χ1n) is 3.59. The van der Waals surface area contributed by atoms with Gasteiger partial charge in [0.15, 0.2) is 0 Å². The van der Waals surface area contributed by atoms with Crippen molar-refractivity contribution in [2.45, 2.75) is 6.92 Å². The van der Waals surface area contributed by atoms with Crippen LogP contribution in [0.5, 0.6) is 0 Å². The smallest absolute Gasteiger partial charge is 0.246 e. The second-order valence-electron chi connectivity index (χ2n) is 2.25. The predicted octanol–water partition coefficient (Wildman–Crippen LogP) is 0.667. The molecule has 3 nitrogen and oxygen atoms in total. The van der Waals surface area contributed by atoms with Crippen LogP contribution in [-0.4, -0.2) is 38.1 Å². The third kappa shape index (κ3) is 4.56. The summed E-state index contributed by atoms with van der Waals surface area (Å²) in [7, 11) is 3.37. The molecule has 0 unspecified atom stereocenters. The van der Waals surface area contributed by atoms with Gasteiger partial charge in [-0.1, -0.05) is 6.08 Å². The minimum absolute atomic E-state index is 0.0181. The SMILES string of the molecule is C/C=C/C(=O)N(C)CCOC. The molecule has 0 rings (SSSR count). The number of amides is 1. The summed E-state index contributed by atoms with van der Waals surface area (Å²) < 4.78 is 4.82. The van der Waals surface area contributed by atoms with Crippen LogP contribution >= 0.6 is 0 Å². The molecule has 0 aromatic heterocycles. The standard InChI is InChI=1S/C8H15NO2/c1-4-5-8(10)9(2)6-7-11-3/h4-5H,6-7H2,1-3H3/b5-4+. The molecule has 1 amide bonds. The van der Waals surface area contributed by atoms with E-state index in [1.807, 2.05) is 6.92 Å². The molecule has 0 heterocycles. The first kappa shape index (κ1) is 10.2. The molecule has 0 saturated carbocycles. The van der Waals surface area contributed by atoms with Crippen molar-refractivity contribution in [1.82, 2.24) is 4.90 Å². The van der Waals surface area contributed by atoms with Crippen LogP contribution in [0, 0.1) is 0 Å². The van der Waals surface area contributed by atoms with Crippen molar-refractivity contribution in [3.05, 3.63) is 12.2 Å². The number of ether oxygens (including phenoxy) is 1. The maximum atomic E-state index is 11.0. The quantitative estimate of drug-likeness (QED) is 0.561. The van der Waals surface area contributed by atoms with Gasteiger partial charge < -0.3 is 9.64 Å². The Balaban J connectivity index is 3.64. The molecule has 0 saturated heterocycles. The van der Waals surface area contributed by atoms with E-state index in [9.17, 15) is 4.79 Å². The van der Waals surface area contributed by atoms with Gasteiger partial charge in [0.1, 0.15) is 0 Å². The van der Waals surface area contributed by atoms with Crippen molar-refractivity contribution in [3.63, 3.8) is 0 Å². The molecule has 0 fully saturated rings. The van der Waals surface area contributed by atoms with Gasteiger partial charge in [0.2, 0.25) is 5.91 Å². The van der Waals surface area contributed by atoms with Crippen LogP contribution < -0.4 is 0 Å². The van der Waals surface area contributed by atoms with Gasteiger partial charge in [-0.15, -0.1) is 0 Å². The number of carbonyl (C=O) groups excluding carboxylic acids is 1. The highest BCUT2D eigenvalue weighted by Crippen LogP contribution is 1.86. The van der Waals surface area contributed by atoms with Crippen LogP contribution in [0.3, 0.4) is 0 Å². The van der Waals surface area contributed by atoms with Gasteiger partial charge in [0.25, 0.3) is 0 Å². The molecule has 0 N–H and O–H groups in total. The summed E-state index contributed by atoms with van der Waals surface area (Å²) in [5, 5.41) is 0. The molecule has 0 aromatic carbocycles. The molecule has 0 spiro atoms. The fraction of sp³-hybridized carbons (Fsp3) is 0.625. The van der Waals surface area contributed by atoms with E-state index in [0.717, 1.165) is 0 Å². The lowest BCUT2D eigenvalue weighted by Crippen LogP contribution is -2.28. The summed E-state index contributed by atoms with van der Waals surface area (Å²) in [5.74, 6) is 0.0181. The lowest BCUT2D eigenvalue weighted by atomic mass is 10.4. The number of carbonyl (C=O) groups is 1. The van der Waals surface area contributed by atoms with Crippen LogP contribution in [0.15, 0.2) is 12.2 Å². The van der Waals surface area contributed by atoms with E-state index in [0.29, 0.717) is 13.2 Å². The summed E-state index contributed by atoms with van der Waals surface area (Å²) in [4.78, 5) is 12.6. The fourth-order valence-corrected chi connectivity index (χ4v) is 0.608. The highest BCUT2D eigenvalue weighted by Gasteiger charge is 2.01. The summed E-state index contributed by atoms with van der Waals surface area (Å²) in [5.41, 5.74) is 0. The Morgan fingerprint density at radius 3 is 2.73 bits per heavy atom. The fourth-order valence-electron chi connectivity index (χ4n) is 0.608. The molecule has 64 valence electrons. The zero-order valence-corrected chi connectivity index (χ0v) is 7.33. The van der Waals surface area contributed by atoms with Crippen molar-refractivity contribution in [2.24, 2.45) is 0 Å². The van der Waals surface area contributed by atoms with E-state index >= 15 is 0 Å². The summed E-state index contributed by atoms with van der Waals surface area (Å²) in [6.07, 6.45) is 3.27. The number of likely N-dealkylation sites (N-methyl/N-ethyl adjacent to an activating group) is 1. The largest absolute Gasteiger partial charge is 0.383 e. The second kappa shape index (κ2) is 5.92. The molecule has 0 radical (unpaired) electrons. The minimum Gasteiger partial charge on any atom is -0.383 e. The maximum Gasteiger partial charge on any atom is 0.246 e. The van der Waals surface area contributed by atoms with Crippen LogP contribution in [-0.2, 0) is 9.53 Å². The van der Waals surface area contributed by atoms with Gasteiger partial charge in [-0.05, 0) is 13.0 Å². The van der Waals surface area contributed by atoms with E-state index in [-0.39, 0.29) is 5.91 Å². The minimum atomic E-state index is 0.0181. The Morgan fingerprint density at radius 1 is 1.64 bits per heavy atom. The van der Waals surface area contributed by atoms with E-state index in [1.54, 1.807) is 25.1 Å². The molecule has 3 heteroatoms. The first-order valence-corrected chi connectivity index (χ1v) is 3.59. The Kier molecular flexibility index (Phi) is 5.47. The molecule has 0 aliphatic carbocycles. The zero-order valence-electron chi connectivity index (χ0n) is 7.33. The Bertz CT molecular complexity index is 143. The number of hydrogen-bond donors (Lipinski definition) is 0. The van der Waals surface area contributed by atoms with Crippen molar-refractivity contribution >= 4 is 5.91 Å². The Morgan fingerprint density at radius 2 is 2.27 bits per heavy atom. The summed E-state index contributed by atoms with van der Waals surface area (Å²) >= 11 is 0. The number of rotatable bonds is 4. The maximum absolute atomic E-state index is 11.0. The predicted molar refractivity (Wildman–Crippen MR) is 44.3 cm³/mol. The summed E-state index contributed by atoms with van der Waals surface area (Å²) in [6.45, 7) is 3.04. The number of hydrogen-bond acceptors (Lipinski definition) is 2. The monoisotopic (exact) mass is 157 g/mol. The van der Waals surface area contributed by atoms with Crippen LogP contribution in [0.2, 0.25) is 0 Å². The Labute approximate surface area is 67.6 Å². The van der Waals surface area contributed by atoms with E-state index in [2.05, 4.69) is 0 Å². The van der Waals surface area contributed by atoms with Gasteiger partial charge in [-0.2, -0.15) is 0 Å². The van der Waals surface area contributed by atoms with Crippen LogP contribution in [0.1, 0.15) is 6.92 Å². The molecular formula is C8H15NO2. The van der Waals surface area contributed by atoms with Crippen molar-refractivity contribution in [1.29, 1.82) is 0 Å². The summed E-state index contributed by atoms with van der Waals surface area (Å²) in [6, 6.07) is 0. The lowest BCUT2D eigenvalue weighted by Gasteiger charge is -2.13. The zero-order chi connectivity index (χ0) is 8.69. The normalized spacial score (nSPS) is 10.5.